The number of terminal acetylenes is 1. The Hall–Kier alpha value is -2.91. The first-order valence-electron chi connectivity index (χ1n) is 8.38. The Bertz CT molecular complexity index is 721. The van der Waals surface area contributed by atoms with Gasteiger partial charge in [-0.2, -0.15) is 0 Å². The maximum absolute atomic E-state index is 12.1. The lowest BCUT2D eigenvalue weighted by molar-refractivity contribution is -0.146. The molecule has 0 aromatic heterocycles. The van der Waals surface area contributed by atoms with Crippen LogP contribution in [0.15, 0.2) is 42.6 Å². The Morgan fingerprint density at radius 2 is 2.04 bits per heavy atom. The van der Waals surface area contributed by atoms with Gasteiger partial charge in [0.1, 0.15) is 6.61 Å². The number of carbonyl (C=O) groups is 3. The van der Waals surface area contributed by atoms with Crippen molar-refractivity contribution in [3.63, 3.8) is 0 Å². The summed E-state index contributed by atoms with van der Waals surface area (Å²) in [7, 11) is 0. The molecule has 1 atom stereocenters. The molecule has 0 fully saturated rings. The summed E-state index contributed by atoms with van der Waals surface area (Å²) >= 11 is 0. The van der Waals surface area contributed by atoms with Crippen LogP contribution in [-0.4, -0.2) is 59.6 Å². The molecule has 26 heavy (non-hydrogen) atoms. The summed E-state index contributed by atoms with van der Waals surface area (Å²) in [4.78, 5) is 38.7. The second-order valence-electron chi connectivity index (χ2n) is 6.02. The Balaban J connectivity index is 1.83. The number of carbonyl (C=O) groups excluding carboxylic acids is 3. The van der Waals surface area contributed by atoms with E-state index in [0.717, 1.165) is 5.56 Å². The van der Waals surface area contributed by atoms with Crippen LogP contribution in [0.2, 0.25) is 0 Å². The third-order valence-corrected chi connectivity index (χ3v) is 4.12. The lowest BCUT2D eigenvalue weighted by Crippen LogP contribution is -2.46. The molecule has 0 amide bonds. The number of hydrogen-bond acceptors (Lipinski definition) is 6. The third-order valence-electron chi connectivity index (χ3n) is 4.12. The Morgan fingerprint density at radius 3 is 2.73 bits per heavy atom. The van der Waals surface area contributed by atoms with Crippen LogP contribution < -0.4 is 0 Å². The fraction of sp³-hybridized carbons (Fsp3) is 0.350. The number of allylic oxidation sites excluding steroid dienone is 1. The number of benzene rings is 1. The van der Waals surface area contributed by atoms with E-state index in [9.17, 15) is 14.4 Å². The molecule has 6 nitrogen and oxygen atoms in total. The molecule has 1 unspecified atom stereocenters. The zero-order valence-electron chi connectivity index (χ0n) is 14.8. The van der Waals surface area contributed by atoms with Crippen molar-refractivity contribution in [3.05, 3.63) is 48.2 Å². The summed E-state index contributed by atoms with van der Waals surface area (Å²) in [5, 5.41) is 0. The molecule has 0 spiro atoms. The molecule has 0 N–H and O–H groups in total. The average Bonchev–Trinajstić information content (AvgIpc) is 2.65. The first-order chi connectivity index (χ1) is 12.5. The molecule has 6 heteroatoms. The molecule has 0 saturated carbocycles. The van der Waals surface area contributed by atoms with Gasteiger partial charge in [0, 0.05) is 25.4 Å². The summed E-state index contributed by atoms with van der Waals surface area (Å²) in [5.41, 5.74) is 0.916. The summed E-state index contributed by atoms with van der Waals surface area (Å²) in [6.45, 7) is 3.20. The SMILES string of the molecule is C#CCN(CCN1C=CC(=O)C(=O)C1C)CC(=O)OCc1ccccc1. The normalized spacial score (nSPS) is 16.7. The van der Waals surface area contributed by atoms with Gasteiger partial charge in [0.05, 0.1) is 19.1 Å². The molecule has 1 aliphatic rings. The highest BCUT2D eigenvalue weighted by atomic mass is 16.5. The van der Waals surface area contributed by atoms with Crippen molar-refractivity contribution in [2.45, 2.75) is 19.6 Å². The average molecular weight is 354 g/mol. The van der Waals surface area contributed by atoms with Gasteiger partial charge < -0.3 is 9.64 Å². The monoisotopic (exact) mass is 354 g/mol. The Kier molecular flexibility index (Phi) is 7.12. The third kappa shape index (κ3) is 5.57. The highest BCUT2D eigenvalue weighted by Crippen LogP contribution is 2.09. The number of Topliss-reactive ketones (excluding diaryl/α,β-unsaturated/α-hetero) is 1. The van der Waals surface area contributed by atoms with Crippen LogP contribution in [0.4, 0.5) is 0 Å². The first-order valence-corrected chi connectivity index (χ1v) is 8.38. The molecule has 0 saturated heterocycles. The first kappa shape index (κ1) is 19.4. The van der Waals surface area contributed by atoms with E-state index < -0.39 is 17.6 Å². The van der Waals surface area contributed by atoms with Gasteiger partial charge in [-0.15, -0.1) is 6.42 Å². The summed E-state index contributed by atoms with van der Waals surface area (Å²) < 4.78 is 5.27. The van der Waals surface area contributed by atoms with Crippen molar-refractivity contribution >= 4 is 17.5 Å². The van der Waals surface area contributed by atoms with Crippen molar-refractivity contribution < 1.29 is 19.1 Å². The molecule has 1 aromatic carbocycles. The quantitative estimate of drug-likeness (QED) is 0.395. The van der Waals surface area contributed by atoms with Crippen LogP contribution in [0, 0.1) is 12.3 Å². The smallest absolute Gasteiger partial charge is 0.320 e. The van der Waals surface area contributed by atoms with Crippen LogP contribution >= 0.6 is 0 Å². The standard InChI is InChI=1S/C20H22N2O4/c1-3-10-21(12-13-22-11-9-18(23)20(25)16(22)2)14-19(24)26-15-17-7-5-4-6-8-17/h1,4-9,11,16H,10,12-15H2,2H3. The lowest BCUT2D eigenvalue weighted by atomic mass is 10.1. The van der Waals surface area contributed by atoms with E-state index in [2.05, 4.69) is 5.92 Å². The van der Waals surface area contributed by atoms with Crippen LogP contribution in [0.25, 0.3) is 0 Å². The van der Waals surface area contributed by atoms with Gasteiger partial charge >= 0.3 is 5.97 Å². The van der Waals surface area contributed by atoms with Crippen molar-refractivity contribution in [3.8, 4) is 12.3 Å². The van der Waals surface area contributed by atoms with E-state index in [0.29, 0.717) is 19.6 Å². The number of ether oxygens (including phenoxy) is 1. The van der Waals surface area contributed by atoms with E-state index >= 15 is 0 Å². The van der Waals surface area contributed by atoms with E-state index in [-0.39, 0.29) is 19.1 Å². The van der Waals surface area contributed by atoms with E-state index in [1.165, 1.54) is 6.08 Å². The van der Waals surface area contributed by atoms with Crippen LogP contribution in [0.5, 0.6) is 0 Å². The maximum atomic E-state index is 12.1. The molecule has 1 aliphatic heterocycles. The molecule has 1 heterocycles. The topological polar surface area (TPSA) is 66.9 Å². The van der Waals surface area contributed by atoms with Gasteiger partial charge in [0.2, 0.25) is 11.6 Å². The van der Waals surface area contributed by atoms with Crippen LogP contribution in [0.3, 0.4) is 0 Å². The Morgan fingerprint density at radius 1 is 1.31 bits per heavy atom. The number of ketones is 2. The molecule has 0 bridgehead atoms. The van der Waals surface area contributed by atoms with Gasteiger partial charge in [-0.3, -0.25) is 19.3 Å². The fourth-order valence-corrected chi connectivity index (χ4v) is 2.57. The molecule has 0 aliphatic carbocycles. The summed E-state index contributed by atoms with van der Waals surface area (Å²) in [6, 6.07) is 8.92. The number of nitrogens with zero attached hydrogens (tertiary/aromatic N) is 2. The Labute approximate surface area is 153 Å². The van der Waals surface area contributed by atoms with Crippen molar-refractivity contribution in [1.29, 1.82) is 0 Å². The minimum absolute atomic E-state index is 0.0653. The van der Waals surface area contributed by atoms with Crippen molar-refractivity contribution in [2.75, 3.05) is 26.2 Å². The molecule has 1 aromatic rings. The molecular formula is C20H22N2O4. The second kappa shape index (κ2) is 9.54. The van der Waals surface area contributed by atoms with Crippen LogP contribution in [-0.2, 0) is 25.7 Å². The van der Waals surface area contributed by atoms with E-state index in [1.54, 1.807) is 22.9 Å². The predicted molar refractivity (Wildman–Crippen MR) is 96.8 cm³/mol. The maximum Gasteiger partial charge on any atom is 0.320 e. The molecule has 0 radical (unpaired) electrons. The zero-order valence-corrected chi connectivity index (χ0v) is 14.8. The fourth-order valence-electron chi connectivity index (χ4n) is 2.57. The highest BCUT2D eigenvalue weighted by Gasteiger charge is 2.27. The van der Waals surface area contributed by atoms with Gasteiger partial charge in [-0.1, -0.05) is 36.3 Å². The minimum Gasteiger partial charge on any atom is -0.460 e. The van der Waals surface area contributed by atoms with Gasteiger partial charge in [0.25, 0.3) is 0 Å². The van der Waals surface area contributed by atoms with E-state index in [1.807, 2.05) is 30.3 Å². The van der Waals surface area contributed by atoms with Gasteiger partial charge in [-0.05, 0) is 12.5 Å². The lowest BCUT2D eigenvalue weighted by Gasteiger charge is -2.30. The minimum atomic E-state index is -0.509. The highest BCUT2D eigenvalue weighted by molar-refractivity contribution is 6.43. The number of esters is 1. The van der Waals surface area contributed by atoms with Crippen molar-refractivity contribution in [1.82, 2.24) is 9.80 Å². The van der Waals surface area contributed by atoms with E-state index in [4.69, 9.17) is 11.2 Å². The zero-order chi connectivity index (χ0) is 18.9. The van der Waals surface area contributed by atoms with Gasteiger partial charge in [0.15, 0.2) is 0 Å². The molecule has 136 valence electrons. The number of hydrogen-bond donors (Lipinski definition) is 0. The summed E-state index contributed by atoms with van der Waals surface area (Å²) in [5.74, 6) is 1.24. The molecule has 2 rings (SSSR count). The molecular weight excluding hydrogens is 332 g/mol. The predicted octanol–water partition coefficient (Wildman–Crippen LogP) is 1.02. The largest absolute Gasteiger partial charge is 0.460 e. The van der Waals surface area contributed by atoms with Crippen LogP contribution in [0.1, 0.15) is 12.5 Å². The van der Waals surface area contributed by atoms with Crippen molar-refractivity contribution in [2.24, 2.45) is 0 Å². The van der Waals surface area contributed by atoms with Gasteiger partial charge in [-0.25, -0.2) is 0 Å². The summed E-state index contributed by atoms with van der Waals surface area (Å²) in [6.07, 6.45) is 8.25. The number of rotatable bonds is 8. The second-order valence-corrected chi connectivity index (χ2v) is 6.02.